The zero-order valence-electron chi connectivity index (χ0n) is 10.8. The topological polar surface area (TPSA) is 66.4 Å². The lowest BCUT2D eigenvalue weighted by molar-refractivity contribution is -0.115. The predicted molar refractivity (Wildman–Crippen MR) is 84.9 cm³/mol. The van der Waals surface area contributed by atoms with E-state index in [2.05, 4.69) is 21.2 Å². The minimum Gasteiger partial charge on any atom is -0.478 e. The molecular weight excluding hydrogens is 358 g/mol. The van der Waals surface area contributed by atoms with Gasteiger partial charge in [0.25, 0.3) is 0 Å². The Morgan fingerprint density at radius 1 is 1.19 bits per heavy atom. The van der Waals surface area contributed by atoms with E-state index in [1.807, 2.05) is 0 Å². The van der Waals surface area contributed by atoms with E-state index in [4.69, 9.17) is 16.7 Å². The fourth-order valence-electron chi connectivity index (χ4n) is 1.78. The summed E-state index contributed by atoms with van der Waals surface area (Å²) in [4.78, 5) is 22.9. The summed E-state index contributed by atoms with van der Waals surface area (Å²) in [5.74, 6) is -1.30. The number of rotatable bonds is 4. The summed E-state index contributed by atoms with van der Waals surface area (Å²) < 4.78 is 0.618. The third-order valence-electron chi connectivity index (χ3n) is 2.74. The summed E-state index contributed by atoms with van der Waals surface area (Å²) in [7, 11) is 0. The summed E-state index contributed by atoms with van der Waals surface area (Å²) in [6.45, 7) is 0. The van der Waals surface area contributed by atoms with E-state index >= 15 is 0 Å². The van der Waals surface area contributed by atoms with Gasteiger partial charge in [0, 0.05) is 9.50 Å². The van der Waals surface area contributed by atoms with Crippen molar-refractivity contribution in [1.82, 2.24) is 0 Å². The number of benzene rings is 2. The van der Waals surface area contributed by atoms with E-state index in [1.54, 1.807) is 30.3 Å². The van der Waals surface area contributed by atoms with Gasteiger partial charge in [-0.2, -0.15) is 0 Å². The lowest BCUT2D eigenvalue weighted by Crippen LogP contribution is -2.15. The molecule has 0 spiro atoms. The van der Waals surface area contributed by atoms with Gasteiger partial charge in [-0.15, -0.1) is 0 Å². The Bertz CT molecular complexity index is 703. The van der Waals surface area contributed by atoms with Crippen LogP contribution in [0.25, 0.3) is 0 Å². The SMILES string of the molecule is O=C(Cc1cccc(Cl)c1)Nc1cc(C(=O)O)ccc1Br. The molecule has 0 aliphatic rings. The second-order valence-electron chi connectivity index (χ2n) is 4.35. The van der Waals surface area contributed by atoms with Crippen molar-refractivity contribution in [3.05, 3.63) is 63.1 Å². The molecule has 2 rings (SSSR count). The van der Waals surface area contributed by atoms with Crippen LogP contribution in [0.4, 0.5) is 5.69 Å². The third-order valence-corrected chi connectivity index (χ3v) is 3.67. The van der Waals surface area contributed by atoms with Crippen LogP contribution in [-0.4, -0.2) is 17.0 Å². The molecule has 0 saturated heterocycles. The highest BCUT2D eigenvalue weighted by molar-refractivity contribution is 9.10. The van der Waals surface area contributed by atoms with E-state index in [-0.39, 0.29) is 17.9 Å². The van der Waals surface area contributed by atoms with Crippen LogP contribution in [0.2, 0.25) is 5.02 Å². The van der Waals surface area contributed by atoms with Gasteiger partial charge < -0.3 is 10.4 Å². The summed E-state index contributed by atoms with van der Waals surface area (Å²) in [5, 5.41) is 12.2. The summed E-state index contributed by atoms with van der Waals surface area (Å²) in [5.41, 5.74) is 1.31. The van der Waals surface area contributed by atoms with E-state index in [0.29, 0.717) is 15.2 Å². The maximum absolute atomic E-state index is 12.0. The fraction of sp³-hybridized carbons (Fsp3) is 0.0667. The highest BCUT2D eigenvalue weighted by Gasteiger charge is 2.10. The Morgan fingerprint density at radius 2 is 1.95 bits per heavy atom. The number of hydrogen-bond donors (Lipinski definition) is 2. The van der Waals surface area contributed by atoms with Crippen molar-refractivity contribution in [2.75, 3.05) is 5.32 Å². The normalized spacial score (nSPS) is 10.2. The van der Waals surface area contributed by atoms with Crippen LogP contribution < -0.4 is 5.32 Å². The highest BCUT2D eigenvalue weighted by atomic mass is 79.9. The number of anilines is 1. The molecule has 108 valence electrons. The summed E-state index contributed by atoms with van der Waals surface area (Å²) in [6.07, 6.45) is 0.157. The summed E-state index contributed by atoms with van der Waals surface area (Å²) in [6, 6.07) is 11.5. The van der Waals surface area contributed by atoms with Crippen molar-refractivity contribution in [2.45, 2.75) is 6.42 Å². The van der Waals surface area contributed by atoms with Crippen molar-refractivity contribution < 1.29 is 14.7 Å². The minimum absolute atomic E-state index is 0.108. The van der Waals surface area contributed by atoms with Gasteiger partial charge in [-0.3, -0.25) is 4.79 Å². The monoisotopic (exact) mass is 367 g/mol. The molecule has 0 aliphatic carbocycles. The quantitative estimate of drug-likeness (QED) is 0.858. The molecule has 2 aromatic rings. The predicted octanol–water partition coefficient (Wildman–Crippen LogP) is 3.98. The largest absolute Gasteiger partial charge is 0.478 e. The molecule has 0 radical (unpaired) electrons. The van der Waals surface area contributed by atoms with Gasteiger partial charge >= 0.3 is 5.97 Å². The number of halogens is 2. The first kappa shape index (κ1) is 15.5. The molecule has 0 heterocycles. The number of carboxylic acid groups (broad SMARTS) is 1. The Balaban J connectivity index is 2.12. The van der Waals surface area contributed by atoms with Gasteiger partial charge in [-0.05, 0) is 51.8 Å². The molecule has 2 aromatic carbocycles. The molecule has 0 aromatic heterocycles. The second-order valence-corrected chi connectivity index (χ2v) is 5.65. The van der Waals surface area contributed by atoms with Crippen LogP contribution in [0.1, 0.15) is 15.9 Å². The fourth-order valence-corrected chi connectivity index (χ4v) is 2.34. The first-order valence-electron chi connectivity index (χ1n) is 6.03. The molecule has 0 bridgehead atoms. The Morgan fingerprint density at radius 3 is 2.62 bits per heavy atom. The van der Waals surface area contributed by atoms with E-state index < -0.39 is 5.97 Å². The van der Waals surface area contributed by atoms with Crippen LogP contribution >= 0.6 is 27.5 Å². The zero-order chi connectivity index (χ0) is 15.4. The number of carbonyl (C=O) groups excluding carboxylic acids is 1. The molecule has 0 saturated carbocycles. The first-order valence-corrected chi connectivity index (χ1v) is 7.20. The molecule has 0 atom stereocenters. The van der Waals surface area contributed by atoms with Gasteiger partial charge in [0.1, 0.15) is 0 Å². The number of carboxylic acids is 1. The molecule has 0 unspecified atom stereocenters. The molecule has 2 N–H and O–H groups in total. The van der Waals surface area contributed by atoms with Crippen LogP contribution in [0.15, 0.2) is 46.9 Å². The molecular formula is C15H11BrClNO3. The van der Waals surface area contributed by atoms with Crippen LogP contribution in [0, 0.1) is 0 Å². The molecule has 0 fully saturated rings. The van der Waals surface area contributed by atoms with E-state index in [0.717, 1.165) is 5.56 Å². The van der Waals surface area contributed by atoms with Crippen molar-refractivity contribution in [1.29, 1.82) is 0 Å². The Hall–Kier alpha value is -1.85. The van der Waals surface area contributed by atoms with Gasteiger partial charge in [-0.25, -0.2) is 4.79 Å². The summed E-state index contributed by atoms with van der Waals surface area (Å²) >= 11 is 9.14. The third kappa shape index (κ3) is 4.31. The number of amides is 1. The van der Waals surface area contributed by atoms with Crippen molar-refractivity contribution in [3.63, 3.8) is 0 Å². The van der Waals surface area contributed by atoms with Gasteiger partial charge in [0.15, 0.2) is 0 Å². The standard InChI is InChI=1S/C15H11BrClNO3/c16-12-5-4-10(15(20)21)8-13(12)18-14(19)7-9-2-1-3-11(17)6-9/h1-6,8H,7H2,(H,18,19)(H,20,21). The Labute approximate surface area is 134 Å². The van der Waals surface area contributed by atoms with Crippen molar-refractivity contribution in [3.8, 4) is 0 Å². The Kier molecular flexibility index (Phi) is 4.98. The number of hydrogen-bond acceptors (Lipinski definition) is 2. The average Bonchev–Trinajstić information content (AvgIpc) is 2.41. The van der Waals surface area contributed by atoms with Gasteiger partial charge in [0.2, 0.25) is 5.91 Å². The lowest BCUT2D eigenvalue weighted by atomic mass is 10.1. The van der Waals surface area contributed by atoms with Crippen LogP contribution in [0.3, 0.4) is 0 Å². The van der Waals surface area contributed by atoms with E-state index in [1.165, 1.54) is 12.1 Å². The molecule has 6 heteroatoms. The van der Waals surface area contributed by atoms with Crippen LogP contribution in [0.5, 0.6) is 0 Å². The average molecular weight is 369 g/mol. The minimum atomic E-state index is -1.05. The molecule has 0 aliphatic heterocycles. The van der Waals surface area contributed by atoms with Gasteiger partial charge in [-0.1, -0.05) is 23.7 Å². The molecule has 1 amide bonds. The van der Waals surface area contributed by atoms with Gasteiger partial charge in [0.05, 0.1) is 17.7 Å². The molecule has 4 nitrogen and oxygen atoms in total. The zero-order valence-corrected chi connectivity index (χ0v) is 13.1. The maximum atomic E-state index is 12.0. The molecule has 21 heavy (non-hydrogen) atoms. The highest BCUT2D eigenvalue weighted by Crippen LogP contribution is 2.24. The first-order chi connectivity index (χ1) is 9.95. The smallest absolute Gasteiger partial charge is 0.335 e. The maximum Gasteiger partial charge on any atom is 0.335 e. The van der Waals surface area contributed by atoms with Crippen molar-refractivity contribution >= 4 is 45.1 Å². The van der Waals surface area contributed by atoms with Crippen LogP contribution in [-0.2, 0) is 11.2 Å². The number of carbonyl (C=O) groups is 2. The number of aromatic carboxylic acids is 1. The second kappa shape index (κ2) is 6.74. The van der Waals surface area contributed by atoms with E-state index in [9.17, 15) is 9.59 Å². The van der Waals surface area contributed by atoms with Crippen molar-refractivity contribution in [2.24, 2.45) is 0 Å². The lowest BCUT2D eigenvalue weighted by Gasteiger charge is -2.08. The number of nitrogens with one attached hydrogen (secondary N) is 1.